The van der Waals surface area contributed by atoms with Crippen LogP contribution in [0.5, 0.6) is 0 Å². The Morgan fingerprint density at radius 3 is 2.18 bits per heavy atom. The molecule has 2 atom stereocenters. The summed E-state index contributed by atoms with van der Waals surface area (Å²) in [6.45, 7) is 10.8. The Hall–Kier alpha value is -0.0400. The summed E-state index contributed by atoms with van der Waals surface area (Å²) in [6.07, 6.45) is 8.96. The largest absolute Gasteiger partial charge is 0.314 e. The van der Waals surface area contributed by atoms with Crippen LogP contribution in [0.2, 0.25) is 0 Å². The maximum absolute atomic E-state index is 3.65. The smallest absolute Gasteiger partial charge is 0.00104 e. The van der Waals surface area contributed by atoms with Crippen molar-refractivity contribution in [2.24, 2.45) is 23.2 Å². The van der Waals surface area contributed by atoms with Crippen molar-refractivity contribution in [2.45, 2.75) is 72.3 Å². The van der Waals surface area contributed by atoms with Crippen LogP contribution in [0.4, 0.5) is 0 Å². The number of rotatable bonds is 4. The van der Waals surface area contributed by atoms with E-state index in [1.807, 2.05) is 0 Å². The van der Waals surface area contributed by atoms with E-state index in [9.17, 15) is 0 Å². The number of nitrogens with one attached hydrogen (secondary N) is 1. The summed E-state index contributed by atoms with van der Waals surface area (Å²) in [4.78, 5) is 0. The van der Waals surface area contributed by atoms with E-state index < -0.39 is 0 Å². The molecule has 0 aliphatic heterocycles. The third kappa shape index (κ3) is 3.05. The van der Waals surface area contributed by atoms with Gasteiger partial charge in [0.25, 0.3) is 0 Å². The maximum Gasteiger partial charge on any atom is 0.00104 e. The lowest BCUT2D eigenvalue weighted by atomic mass is 9.90. The third-order valence-corrected chi connectivity index (χ3v) is 5.29. The van der Waals surface area contributed by atoms with Gasteiger partial charge in [-0.2, -0.15) is 0 Å². The SMILES string of the molecule is CC(C)NCC1C(C2CCCCCC2)C1(C)C. The molecule has 1 heteroatoms. The van der Waals surface area contributed by atoms with Gasteiger partial charge in [-0.25, -0.2) is 0 Å². The highest BCUT2D eigenvalue weighted by Crippen LogP contribution is 2.63. The second-order valence-electron chi connectivity index (χ2n) is 7.27. The van der Waals surface area contributed by atoms with E-state index in [0.717, 1.165) is 17.8 Å². The Labute approximate surface area is 108 Å². The van der Waals surface area contributed by atoms with Crippen molar-refractivity contribution in [3.8, 4) is 0 Å². The predicted octanol–water partition coefficient (Wildman–Crippen LogP) is 4.23. The van der Waals surface area contributed by atoms with E-state index in [2.05, 4.69) is 33.0 Å². The highest BCUT2D eigenvalue weighted by molar-refractivity contribution is 5.08. The fourth-order valence-corrected chi connectivity index (χ4v) is 4.15. The molecular weight excluding hydrogens is 206 g/mol. The molecule has 0 aromatic heterocycles. The Morgan fingerprint density at radius 1 is 1.06 bits per heavy atom. The summed E-state index contributed by atoms with van der Waals surface area (Å²) < 4.78 is 0. The maximum atomic E-state index is 3.65. The van der Waals surface area contributed by atoms with Crippen LogP contribution in [0.15, 0.2) is 0 Å². The minimum atomic E-state index is 0.608. The summed E-state index contributed by atoms with van der Waals surface area (Å²) in [5.74, 6) is 2.98. The molecule has 17 heavy (non-hydrogen) atoms. The predicted molar refractivity (Wildman–Crippen MR) is 75.1 cm³/mol. The summed E-state index contributed by atoms with van der Waals surface area (Å²) in [5.41, 5.74) is 0.608. The van der Waals surface area contributed by atoms with Gasteiger partial charge < -0.3 is 5.32 Å². The van der Waals surface area contributed by atoms with Crippen LogP contribution in [-0.4, -0.2) is 12.6 Å². The van der Waals surface area contributed by atoms with Crippen molar-refractivity contribution in [3.05, 3.63) is 0 Å². The first-order valence-corrected chi connectivity index (χ1v) is 7.77. The van der Waals surface area contributed by atoms with Gasteiger partial charge in [-0.3, -0.25) is 0 Å². The molecular formula is C16H31N. The fraction of sp³-hybridized carbons (Fsp3) is 1.00. The first-order chi connectivity index (χ1) is 8.03. The van der Waals surface area contributed by atoms with Crippen LogP contribution in [0.1, 0.15) is 66.2 Å². The Morgan fingerprint density at radius 2 is 1.65 bits per heavy atom. The van der Waals surface area contributed by atoms with Crippen LogP contribution >= 0.6 is 0 Å². The number of hydrogen-bond acceptors (Lipinski definition) is 1. The van der Waals surface area contributed by atoms with Gasteiger partial charge in [0.15, 0.2) is 0 Å². The second-order valence-corrected chi connectivity index (χ2v) is 7.27. The normalized spacial score (nSPS) is 33.7. The highest BCUT2D eigenvalue weighted by atomic mass is 14.9. The van der Waals surface area contributed by atoms with Crippen LogP contribution < -0.4 is 5.32 Å². The molecule has 0 aromatic carbocycles. The van der Waals surface area contributed by atoms with Gasteiger partial charge >= 0.3 is 0 Å². The first kappa shape index (κ1) is 13.4. The van der Waals surface area contributed by atoms with Crippen molar-refractivity contribution in [2.75, 3.05) is 6.54 Å². The second kappa shape index (κ2) is 5.30. The fourth-order valence-electron chi connectivity index (χ4n) is 4.15. The van der Waals surface area contributed by atoms with E-state index >= 15 is 0 Å². The summed E-state index contributed by atoms with van der Waals surface area (Å²) in [5, 5.41) is 3.65. The molecule has 100 valence electrons. The van der Waals surface area contributed by atoms with Crippen molar-refractivity contribution in [1.82, 2.24) is 5.32 Å². The molecule has 1 N–H and O–H groups in total. The molecule has 1 nitrogen and oxygen atoms in total. The average Bonchev–Trinajstić information content (AvgIpc) is 2.88. The summed E-state index contributed by atoms with van der Waals surface area (Å²) in [6, 6.07) is 0.640. The monoisotopic (exact) mass is 237 g/mol. The molecule has 0 heterocycles. The average molecular weight is 237 g/mol. The van der Waals surface area contributed by atoms with E-state index in [-0.39, 0.29) is 0 Å². The molecule has 0 spiro atoms. The Kier molecular flexibility index (Phi) is 4.18. The number of hydrogen-bond donors (Lipinski definition) is 1. The lowest BCUT2D eigenvalue weighted by molar-refractivity contribution is 0.350. The van der Waals surface area contributed by atoms with E-state index in [1.54, 1.807) is 0 Å². The van der Waals surface area contributed by atoms with Crippen LogP contribution in [0.3, 0.4) is 0 Å². The van der Waals surface area contributed by atoms with E-state index in [4.69, 9.17) is 0 Å². The van der Waals surface area contributed by atoms with Gasteiger partial charge in [-0.15, -0.1) is 0 Å². The zero-order chi connectivity index (χ0) is 12.5. The molecule has 0 radical (unpaired) electrons. The zero-order valence-corrected chi connectivity index (χ0v) is 12.3. The lowest BCUT2D eigenvalue weighted by Gasteiger charge is -2.15. The first-order valence-electron chi connectivity index (χ1n) is 7.77. The molecule has 2 saturated carbocycles. The van der Waals surface area contributed by atoms with E-state index in [1.165, 1.54) is 45.1 Å². The Bertz CT molecular complexity index is 236. The van der Waals surface area contributed by atoms with Gasteiger partial charge in [0.05, 0.1) is 0 Å². The molecule has 0 amide bonds. The van der Waals surface area contributed by atoms with Crippen molar-refractivity contribution < 1.29 is 0 Å². The van der Waals surface area contributed by atoms with Gasteiger partial charge in [-0.1, -0.05) is 66.2 Å². The summed E-state index contributed by atoms with van der Waals surface area (Å²) in [7, 11) is 0. The van der Waals surface area contributed by atoms with Crippen LogP contribution in [0.25, 0.3) is 0 Å². The van der Waals surface area contributed by atoms with Crippen LogP contribution in [-0.2, 0) is 0 Å². The lowest BCUT2D eigenvalue weighted by Crippen LogP contribution is -2.26. The molecule has 0 bridgehead atoms. The minimum absolute atomic E-state index is 0.608. The highest BCUT2D eigenvalue weighted by Gasteiger charge is 2.59. The molecule has 0 saturated heterocycles. The molecule has 2 fully saturated rings. The standard InChI is InChI=1S/C16H31N/c1-12(2)17-11-14-15(16(14,3)4)13-9-7-5-6-8-10-13/h12-15,17H,5-11H2,1-4H3. The zero-order valence-electron chi connectivity index (χ0n) is 12.3. The van der Waals surface area contributed by atoms with Crippen LogP contribution in [0, 0.1) is 23.2 Å². The molecule has 2 rings (SSSR count). The van der Waals surface area contributed by atoms with Gasteiger partial charge in [0.1, 0.15) is 0 Å². The van der Waals surface area contributed by atoms with E-state index in [0.29, 0.717) is 11.5 Å². The van der Waals surface area contributed by atoms with Crippen molar-refractivity contribution >= 4 is 0 Å². The molecule has 2 aliphatic carbocycles. The minimum Gasteiger partial charge on any atom is -0.314 e. The summed E-state index contributed by atoms with van der Waals surface area (Å²) >= 11 is 0. The molecule has 0 aromatic rings. The Balaban J connectivity index is 1.87. The van der Waals surface area contributed by atoms with Crippen molar-refractivity contribution in [1.29, 1.82) is 0 Å². The quantitative estimate of drug-likeness (QED) is 0.722. The van der Waals surface area contributed by atoms with Gasteiger partial charge in [-0.05, 0) is 29.7 Å². The third-order valence-electron chi connectivity index (χ3n) is 5.29. The van der Waals surface area contributed by atoms with Crippen molar-refractivity contribution in [3.63, 3.8) is 0 Å². The van der Waals surface area contributed by atoms with Gasteiger partial charge in [0.2, 0.25) is 0 Å². The molecule has 2 unspecified atom stereocenters. The van der Waals surface area contributed by atoms with Gasteiger partial charge in [0, 0.05) is 6.04 Å². The molecule has 2 aliphatic rings. The topological polar surface area (TPSA) is 12.0 Å².